The van der Waals surface area contributed by atoms with Gasteiger partial charge in [-0.15, -0.1) is 0 Å². The maximum absolute atomic E-state index is 12.9. The van der Waals surface area contributed by atoms with Gasteiger partial charge >= 0.3 is 5.97 Å². The van der Waals surface area contributed by atoms with Crippen molar-refractivity contribution in [2.75, 3.05) is 19.0 Å². The SMILES string of the molecule is COC(=O)C(C)CN1Cc2ccc(-c3ccc(NC(=O)c4ccc(C(C)(C)C)cc4)cc3)cc2C1=O. The van der Waals surface area contributed by atoms with Gasteiger partial charge in [-0.3, -0.25) is 14.4 Å². The molecule has 6 nitrogen and oxygen atoms in total. The average molecular weight is 485 g/mol. The van der Waals surface area contributed by atoms with E-state index in [1.807, 2.05) is 66.7 Å². The van der Waals surface area contributed by atoms with Crippen LogP contribution >= 0.6 is 0 Å². The number of anilines is 1. The van der Waals surface area contributed by atoms with Crippen LogP contribution in [-0.2, 0) is 21.5 Å². The number of fused-ring (bicyclic) bond motifs is 1. The first kappa shape index (κ1) is 25.2. The van der Waals surface area contributed by atoms with E-state index < -0.39 is 0 Å². The number of nitrogens with zero attached hydrogens (tertiary/aromatic N) is 1. The molecular formula is C30H32N2O4. The largest absolute Gasteiger partial charge is 0.469 e. The normalized spacial score (nSPS) is 13.8. The van der Waals surface area contributed by atoms with Crippen LogP contribution in [0.15, 0.2) is 66.7 Å². The number of rotatable bonds is 6. The van der Waals surface area contributed by atoms with Crippen molar-refractivity contribution in [2.24, 2.45) is 5.92 Å². The molecule has 0 spiro atoms. The zero-order valence-electron chi connectivity index (χ0n) is 21.4. The molecule has 1 unspecified atom stereocenters. The van der Waals surface area contributed by atoms with Gasteiger partial charge in [0.15, 0.2) is 0 Å². The van der Waals surface area contributed by atoms with Crippen LogP contribution in [0.5, 0.6) is 0 Å². The Balaban J connectivity index is 1.43. The first-order valence-corrected chi connectivity index (χ1v) is 12.1. The summed E-state index contributed by atoms with van der Waals surface area (Å²) in [6.45, 7) is 8.99. The number of carbonyl (C=O) groups excluding carboxylic acids is 3. The van der Waals surface area contributed by atoms with Gasteiger partial charge in [0.05, 0.1) is 13.0 Å². The third-order valence-corrected chi connectivity index (χ3v) is 6.58. The molecule has 1 atom stereocenters. The Bertz CT molecular complexity index is 1290. The minimum atomic E-state index is -0.382. The Hall–Kier alpha value is -3.93. The van der Waals surface area contributed by atoms with Crippen molar-refractivity contribution < 1.29 is 19.1 Å². The molecule has 0 aliphatic carbocycles. The number of hydrogen-bond acceptors (Lipinski definition) is 4. The fourth-order valence-corrected chi connectivity index (χ4v) is 4.37. The number of carbonyl (C=O) groups is 3. The van der Waals surface area contributed by atoms with E-state index in [4.69, 9.17) is 4.74 Å². The summed E-state index contributed by atoms with van der Waals surface area (Å²) in [5.41, 5.74) is 5.98. The molecule has 36 heavy (non-hydrogen) atoms. The van der Waals surface area contributed by atoms with Crippen molar-refractivity contribution in [1.29, 1.82) is 0 Å². The molecule has 6 heteroatoms. The summed E-state index contributed by atoms with van der Waals surface area (Å²) in [5, 5.41) is 2.94. The number of ether oxygens (including phenoxy) is 1. The molecule has 3 aromatic rings. The summed E-state index contributed by atoms with van der Waals surface area (Å²) in [6.07, 6.45) is 0. The van der Waals surface area contributed by atoms with Crippen LogP contribution in [0.2, 0.25) is 0 Å². The summed E-state index contributed by atoms with van der Waals surface area (Å²) in [4.78, 5) is 39.1. The van der Waals surface area contributed by atoms with Crippen LogP contribution in [0, 0.1) is 5.92 Å². The lowest BCUT2D eigenvalue weighted by atomic mass is 9.87. The van der Waals surface area contributed by atoms with E-state index in [-0.39, 0.29) is 29.1 Å². The van der Waals surface area contributed by atoms with Crippen LogP contribution < -0.4 is 5.32 Å². The predicted molar refractivity (Wildman–Crippen MR) is 141 cm³/mol. The molecular weight excluding hydrogens is 452 g/mol. The predicted octanol–water partition coefficient (Wildman–Crippen LogP) is 5.67. The van der Waals surface area contributed by atoms with Gasteiger partial charge in [0.25, 0.3) is 11.8 Å². The lowest BCUT2D eigenvalue weighted by Crippen LogP contribution is -2.32. The van der Waals surface area contributed by atoms with E-state index in [9.17, 15) is 14.4 Å². The highest BCUT2D eigenvalue weighted by molar-refractivity contribution is 6.04. The summed E-state index contributed by atoms with van der Waals surface area (Å²) < 4.78 is 4.78. The van der Waals surface area contributed by atoms with Crippen molar-refractivity contribution in [3.8, 4) is 11.1 Å². The van der Waals surface area contributed by atoms with Crippen LogP contribution in [0.4, 0.5) is 5.69 Å². The van der Waals surface area contributed by atoms with Gasteiger partial charge < -0.3 is 15.0 Å². The number of esters is 1. The summed E-state index contributed by atoms with van der Waals surface area (Å²) in [6, 6.07) is 21.1. The van der Waals surface area contributed by atoms with Gasteiger partial charge in [-0.25, -0.2) is 0 Å². The molecule has 2 amide bonds. The maximum atomic E-state index is 12.9. The summed E-state index contributed by atoms with van der Waals surface area (Å²) >= 11 is 0. The van der Waals surface area contributed by atoms with E-state index >= 15 is 0 Å². The molecule has 0 saturated heterocycles. The van der Waals surface area contributed by atoms with Crippen molar-refractivity contribution in [1.82, 2.24) is 4.90 Å². The number of nitrogens with one attached hydrogen (secondary N) is 1. The Kier molecular flexibility index (Phi) is 6.97. The first-order valence-electron chi connectivity index (χ1n) is 12.1. The van der Waals surface area contributed by atoms with Crippen molar-refractivity contribution in [3.05, 3.63) is 89.0 Å². The minimum Gasteiger partial charge on any atom is -0.469 e. The Labute approximate surface area is 212 Å². The van der Waals surface area contributed by atoms with E-state index in [0.717, 1.165) is 16.7 Å². The quantitative estimate of drug-likeness (QED) is 0.458. The van der Waals surface area contributed by atoms with E-state index in [1.54, 1.807) is 11.8 Å². The molecule has 0 bridgehead atoms. The second kappa shape index (κ2) is 9.97. The second-order valence-electron chi connectivity index (χ2n) is 10.3. The Morgan fingerprint density at radius 3 is 2.22 bits per heavy atom. The van der Waals surface area contributed by atoms with Crippen LogP contribution in [-0.4, -0.2) is 36.3 Å². The monoisotopic (exact) mass is 484 g/mol. The molecule has 4 rings (SSSR count). The topological polar surface area (TPSA) is 75.7 Å². The highest BCUT2D eigenvalue weighted by Crippen LogP contribution is 2.30. The Morgan fingerprint density at radius 2 is 1.61 bits per heavy atom. The van der Waals surface area contributed by atoms with E-state index in [2.05, 4.69) is 26.1 Å². The molecule has 0 fully saturated rings. The highest BCUT2D eigenvalue weighted by Gasteiger charge is 2.30. The van der Waals surface area contributed by atoms with E-state index in [0.29, 0.717) is 29.9 Å². The lowest BCUT2D eigenvalue weighted by molar-refractivity contribution is -0.145. The molecule has 1 heterocycles. The smallest absolute Gasteiger partial charge is 0.310 e. The number of hydrogen-bond donors (Lipinski definition) is 1. The third-order valence-electron chi connectivity index (χ3n) is 6.58. The maximum Gasteiger partial charge on any atom is 0.310 e. The molecule has 0 saturated carbocycles. The fraction of sp³-hybridized carbons (Fsp3) is 0.300. The zero-order chi connectivity index (χ0) is 26.0. The molecule has 186 valence electrons. The molecule has 0 aromatic heterocycles. The summed E-state index contributed by atoms with van der Waals surface area (Å²) in [7, 11) is 1.35. The fourth-order valence-electron chi connectivity index (χ4n) is 4.37. The first-order chi connectivity index (χ1) is 17.1. The number of amides is 2. The van der Waals surface area contributed by atoms with Crippen LogP contribution in [0.25, 0.3) is 11.1 Å². The van der Waals surface area contributed by atoms with Gasteiger partial charge in [0.1, 0.15) is 0 Å². The lowest BCUT2D eigenvalue weighted by Gasteiger charge is -2.19. The summed E-state index contributed by atoms with van der Waals surface area (Å²) in [5.74, 6) is -0.947. The van der Waals surface area contributed by atoms with Gasteiger partial charge in [-0.2, -0.15) is 0 Å². The number of benzene rings is 3. The van der Waals surface area contributed by atoms with Crippen LogP contribution in [0.1, 0.15) is 59.5 Å². The van der Waals surface area contributed by atoms with Crippen LogP contribution in [0.3, 0.4) is 0 Å². The second-order valence-corrected chi connectivity index (χ2v) is 10.3. The molecule has 3 aromatic carbocycles. The van der Waals surface area contributed by atoms with Crippen molar-refractivity contribution in [2.45, 2.75) is 39.7 Å². The molecule has 1 aliphatic heterocycles. The van der Waals surface area contributed by atoms with Gasteiger partial charge in [0, 0.05) is 29.9 Å². The van der Waals surface area contributed by atoms with Gasteiger partial charge in [-0.1, -0.05) is 64.1 Å². The van der Waals surface area contributed by atoms with Gasteiger partial charge in [0.2, 0.25) is 0 Å². The average Bonchev–Trinajstić information content (AvgIpc) is 3.17. The van der Waals surface area contributed by atoms with E-state index in [1.165, 1.54) is 12.7 Å². The molecule has 1 aliphatic rings. The van der Waals surface area contributed by atoms with Gasteiger partial charge in [-0.05, 0) is 58.0 Å². The number of methoxy groups -OCH3 is 1. The Morgan fingerprint density at radius 1 is 0.972 bits per heavy atom. The standard InChI is InChI=1S/C30H32N2O4/c1-19(29(35)36-5)17-32-18-23-7-6-22(16-26(23)28(32)34)20-10-14-25(15-11-20)31-27(33)21-8-12-24(13-9-21)30(2,3)4/h6-16,19H,17-18H2,1-5H3,(H,31,33). The zero-order valence-corrected chi connectivity index (χ0v) is 21.4. The molecule has 1 N–H and O–H groups in total. The van der Waals surface area contributed by atoms with Crippen molar-refractivity contribution >= 4 is 23.5 Å². The molecule has 0 radical (unpaired) electrons. The van der Waals surface area contributed by atoms with Crippen molar-refractivity contribution in [3.63, 3.8) is 0 Å². The minimum absolute atomic E-state index is 0.0345. The third kappa shape index (κ3) is 5.33. The highest BCUT2D eigenvalue weighted by atomic mass is 16.5.